The van der Waals surface area contributed by atoms with Crippen LogP contribution in [0.3, 0.4) is 0 Å². The maximum absolute atomic E-state index is 5.93. The van der Waals surface area contributed by atoms with Gasteiger partial charge in [0.15, 0.2) is 6.23 Å². The van der Waals surface area contributed by atoms with E-state index in [9.17, 15) is 0 Å². The molecule has 0 aliphatic rings. The van der Waals surface area contributed by atoms with E-state index < -0.39 is 0 Å². The molecule has 94 valence electrons. The minimum Gasteiger partial charge on any atom is -0.357 e. The first-order chi connectivity index (χ1) is 8.69. The second kappa shape index (κ2) is 6.36. The molecule has 1 atom stereocenters. The molecular formula is C13H12ClIN2O. The molecule has 1 aromatic heterocycles. The molecule has 1 unspecified atom stereocenters. The summed E-state index contributed by atoms with van der Waals surface area (Å²) in [6.07, 6.45) is -0.243. The molecule has 2 aromatic rings. The number of pyridine rings is 1. The Morgan fingerprint density at radius 3 is 2.61 bits per heavy atom. The van der Waals surface area contributed by atoms with Crippen LogP contribution in [-0.4, -0.2) is 12.1 Å². The monoisotopic (exact) mass is 374 g/mol. The topological polar surface area (TPSA) is 34.1 Å². The molecule has 0 spiro atoms. The molecule has 0 aliphatic carbocycles. The summed E-state index contributed by atoms with van der Waals surface area (Å²) in [6.45, 7) is 0. The van der Waals surface area contributed by atoms with Crippen LogP contribution in [0.4, 0.5) is 5.82 Å². The number of methoxy groups -OCH3 is 1. The number of hydrogen-bond donors (Lipinski definition) is 1. The lowest BCUT2D eigenvalue weighted by Gasteiger charge is -2.18. The predicted octanol–water partition coefficient (Wildman–Crippen LogP) is 4.10. The molecule has 3 nitrogen and oxygen atoms in total. The second-order valence-corrected chi connectivity index (χ2v) is 5.30. The Hall–Kier alpha value is -0.850. The maximum atomic E-state index is 5.93. The van der Waals surface area contributed by atoms with Crippen molar-refractivity contribution in [1.82, 2.24) is 4.98 Å². The number of rotatable bonds is 4. The summed E-state index contributed by atoms with van der Waals surface area (Å²) in [7, 11) is 1.65. The average molecular weight is 375 g/mol. The normalized spacial score (nSPS) is 12.2. The van der Waals surface area contributed by atoms with E-state index >= 15 is 0 Å². The van der Waals surface area contributed by atoms with Gasteiger partial charge in [0.25, 0.3) is 0 Å². The third-order valence-electron chi connectivity index (χ3n) is 2.38. The van der Waals surface area contributed by atoms with E-state index in [4.69, 9.17) is 16.3 Å². The highest BCUT2D eigenvalue weighted by atomic mass is 127. The summed E-state index contributed by atoms with van der Waals surface area (Å²) < 4.78 is 6.45. The van der Waals surface area contributed by atoms with E-state index in [0.29, 0.717) is 11.0 Å². The molecule has 2 rings (SSSR count). The van der Waals surface area contributed by atoms with Crippen molar-refractivity contribution < 1.29 is 4.74 Å². The van der Waals surface area contributed by atoms with E-state index in [1.54, 1.807) is 13.2 Å². The van der Waals surface area contributed by atoms with Gasteiger partial charge in [-0.2, -0.15) is 0 Å². The standard InChI is InChI=1S/C13H12ClIN2O/c1-18-13(9-5-3-2-4-6-9)17-12-8-10(15)7-11(14)16-12/h2-8,13H,1H3,(H,16,17). The minimum absolute atomic E-state index is 0.243. The van der Waals surface area contributed by atoms with Crippen molar-refractivity contribution in [3.63, 3.8) is 0 Å². The van der Waals surface area contributed by atoms with Crippen LogP contribution in [0.2, 0.25) is 5.15 Å². The Bertz CT molecular complexity index is 501. The first-order valence-electron chi connectivity index (χ1n) is 5.36. The van der Waals surface area contributed by atoms with E-state index in [1.165, 1.54) is 0 Å². The smallest absolute Gasteiger partial charge is 0.154 e. The Kier molecular flexibility index (Phi) is 4.79. The average Bonchev–Trinajstić information content (AvgIpc) is 2.36. The zero-order chi connectivity index (χ0) is 13.0. The number of nitrogens with zero attached hydrogens (tertiary/aromatic N) is 1. The van der Waals surface area contributed by atoms with Crippen molar-refractivity contribution in [3.8, 4) is 0 Å². The molecule has 0 bridgehead atoms. The van der Waals surface area contributed by atoms with Gasteiger partial charge in [-0.1, -0.05) is 41.9 Å². The van der Waals surface area contributed by atoms with Gasteiger partial charge in [0.05, 0.1) is 0 Å². The van der Waals surface area contributed by atoms with Crippen LogP contribution in [-0.2, 0) is 4.74 Å². The SMILES string of the molecule is COC(Nc1cc(I)cc(Cl)n1)c1ccccc1. The van der Waals surface area contributed by atoms with Crippen LogP contribution in [0.5, 0.6) is 0 Å². The molecule has 18 heavy (non-hydrogen) atoms. The largest absolute Gasteiger partial charge is 0.357 e. The van der Waals surface area contributed by atoms with Crippen molar-refractivity contribution in [2.45, 2.75) is 6.23 Å². The number of benzene rings is 1. The highest BCUT2D eigenvalue weighted by Crippen LogP contribution is 2.22. The van der Waals surface area contributed by atoms with Gasteiger partial charge in [0.2, 0.25) is 0 Å². The Morgan fingerprint density at radius 2 is 2.00 bits per heavy atom. The Balaban J connectivity index is 2.20. The molecule has 1 heterocycles. The number of halogens is 2. The fourth-order valence-electron chi connectivity index (χ4n) is 1.58. The first-order valence-corrected chi connectivity index (χ1v) is 6.82. The number of hydrogen-bond acceptors (Lipinski definition) is 3. The van der Waals surface area contributed by atoms with E-state index in [-0.39, 0.29) is 6.23 Å². The van der Waals surface area contributed by atoms with Crippen LogP contribution in [0.1, 0.15) is 11.8 Å². The molecule has 0 saturated heterocycles. The lowest BCUT2D eigenvalue weighted by Crippen LogP contribution is -2.13. The van der Waals surface area contributed by atoms with E-state index in [2.05, 4.69) is 32.9 Å². The van der Waals surface area contributed by atoms with Gasteiger partial charge in [-0.15, -0.1) is 0 Å². The fraction of sp³-hybridized carbons (Fsp3) is 0.154. The van der Waals surface area contributed by atoms with Gasteiger partial charge >= 0.3 is 0 Å². The molecule has 1 aromatic carbocycles. The summed E-state index contributed by atoms with van der Waals surface area (Å²) in [6, 6.07) is 13.6. The van der Waals surface area contributed by atoms with Crippen molar-refractivity contribution in [2.24, 2.45) is 0 Å². The molecule has 1 N–H and O–H groups in total. The first kappa shape index (κ1) is 13.6. The van der Waals surface area contributed by atoms with Crippen molar-refractivity contribution in [2.75, 3.05) is 12.4 Å². The van der Waals surface area contributed by atoms with Crippen LogP contribution < -0.4 is 5.32 Å². The van der Waals surface area contributed by atoms with Crippen molar-refractivity contribution in [1.29, 1.82) is 0 Å². The van der Waals surface area contributed by atoms with Crippen LogP contribution >= 0.6 is 34.2 Å². The number of aromatic nitrogens is 1. The fourth-order valence-corrected chi connectivity index (χ4v) is 2.56. The molecule has 0 amide bonds. The summed E-state index contributed by atoms with van der Waals surface area (Å²) in [4.78, 5) is 4.22. The summed E-state index contributed by atoms with van der Waals surface area (Å²) in [5.41, 5.74) is 1.04. The van der Waals surface area contributed by atoms with Crippen LogP contribution in [0.15, 0.2) is 42.5 Å². The van der Waals surface area contributed by atoms with E-state index in [1.807, 2.05) is 36.4 Å². The minimum atomic E-state index is -0.243. The lowest BCUT2D eigenvalue weighted by molar-refractivity contribution is 0.126. The van der Waals surface area contributed by atoms with E-state index in [0.717, 1.165) is 9.13 Å². The number of ether oxygens (including phenoxy) is 1. The van der Waals surface area contributed by atoms with Gasteiger partial charge in [0, 0.05) is 16.2 Å². The number of nitrogens with one attached hydrogen (secondary N) is 1. The maximum Gasteiger partial charge on any atom is 0.154 e. The highest BCUT2D eigenvalue weighted by molar-refractivity contribution is 14.1. The zero-order valence-corrected chi connectivity index (χ0v) is 12.6. The van der Waals surface area contributed by atoms with Gasteiger partial charge in [-0.3, -0.25) is 0 Å². The molecule has 0 saturated carbocycles. The molecule has 0 radical (unpaired) electrons. The molecule has 0 fully saturated rings. The van der Waals surface area contributed by atoms with Crippen molar-refractivity contribution >= 4 is 40.0 Å². The van der Waals surface area contributed by atoms with Gasteiger partial charge in [-0.25, -0.2) is 4.98 Å². The van der Waals surface area contributed by atoms with Gasteiger partial charge in [0.1, 0.15) is 11.0 Å². The summed E-state index contributed by atoms with van der Waals surface area (Å²) in [5.74, 6) is 0.697. The van der Waals surface area contributed by atoms with Gasteiger partial charge in [-0.05, 0) is 34.7 Å². The summed E-state index contributed by atoms with van der Waals surface area (Å²) >= 11 is 8.13. The third-order valence-corrected chi connectivity index (χ3v) is 3.19. The second-order valence-electron chi connectivity index (χ2n) is 3.66. The Labute approximate surface area is 125 Å². The van der Waals surface area contributed by atoms with Crippen LogP contribution in [0.25, 0.3) is 0 Å². The quantitative estimate of drug-likeness (QED) is 0.497. The molecule has 5 heteroatoms. The van der Waals surface area contributed by atoms with Crippen molar-refractivity contribution in [3.05, 3.63) is 56.8 Å². The highest BCUT2D eigenvalue weighted by Gasteiger charge is 2.10. The predicted molar refractivity (Wildman–Crippen MR) is 81.8 cm³/mol. The summed E-state index contributed by atoms with van der Waals surface area (Å²) in [5, 5.41) is 3.67. The van der Waals surface area contributed by atoms with Gasteiger partial charge < -0.3 is 10.1 Å². The Morgan fingerprint density at radius 1 is 1.28 bits per heavy atom. The lowest BCUT2D eigenvalue weighted by atomic mass is 10.2. The molecular weight excluding hydrogens is 363 g/mol. The molecule has 0 aliphatic heterocycles. The number of anilines is 1. The zero-order valence-electron chi connectivity index (χ0n) is 9.73. The van der Waals surface area contributed by atoms with Crippen LogP contribution in [0, 0.1) is 3.57 Å². The third kappa shape index (κ3) is 3.57.